The predicted octanol–water partition coefficient (Wildman–Crippen LogP) is 2.45. The zero-order valence-electron chi connectivity index (χ0n) is 17.8. The van der Waals surface area contributed by atoms with E-state index in [-0.39, 0.29) is 16.5 Å². The van der Waals surface area contributed by atoms with Crippen molar-refractivity contribution in [2.24, 2.45) is 0 Å². The maximum absolute atomic E-state index is 13.1. The number of benzene rings is 1. The normalized spacial score (nSPS) is 15.4. The van der Waals surface area contributed by atoms with Crippen molar-refractivity contribution in [1.82, 2.24) is 5.32 Å². The van der Waals surface area contributed by atoms with Gasteiger partial charge in [0.25, 0.3) is 10.0 Å². The molecule has 1 unspecified atom stereocenters. The van der Waals surface area contributed by atoms with Gasteiger partial charge in [-0.05, 0) is 61.0 Å². The highest BCUT2D eigenvalue weighted by Crippen LogP contribution is 2.35. The lowest BCUT2D eigenvalue weighted by molar-refractivity contribution is -0.136. The second kappa shape index (κ2) is 9.00. The molecule has 0 saturated carbocycles. The molecule has 3 heterocycles. The van der Waals surface area contributed by atoms with Crippen LogP contribution in [0.4, 0.5) is 11.4 Å². The molecule has 2 amide bonds. The minimum absolute atomic E-state index is 0.232. The van der Waals surface area contributed by atoms with Crippen LogP contribution in [0.2, 0.25) is 0 Å². The highest BCUT2D eigenvalue weighted by Gasteiger charge is 2.31. The van der Waals surface area contributed by atoms with Gasteiger partial charge in [-0.3, -0.25) is 13.9 Å². The van der Waals surface area contributed by atoms with Gasteiger partial charge in [0.2, 0.25) is 0 Å². The quantitative estimate of drug-likeness (QED) is 0.456. The van der Waals surface area contributed by atoms with E-state index in [2.05, 4.69) is 10.6 Å². The van der Waals surface area contributed by atoms with E-state index in [1.54, 1.807) is 47.8 Å². The molecule has 1 aliphatic rings. The van der Waals surface area contributed by atoms with Crippen LogP contribution in [-0.2, 0) is 31.6 Å². The third-order valence-electron chi connectivity index (χ3n) is 5.31. The number of aryl methyl sites for hydroxylation is 1. The Labute approximate surface area is 195 Å². The van der Waals surface area contributed by atoms with E-state index in [0.717, 1.165) is 16.9 Å². The lowest BCUT2D eigenvalue weighted by Crippen LogP contribution is -2.43. The molecule has 0 bridgehead atoms. The standard InChI is InChI=1S/C22H23N3O6S2/c1-22(28,18-6-3-11-31-18)14-23-20(26)21(27)24-16-9-8-15-5-2-10-25(17(15)13-16)33(29,30)19-7-4-12-32-19/h3-4,6-9,11-13,28H,2,5,10,14H2,1H3,(H,23,26)(H,24,27). The van der Waals surface area contributed by atoms with E-state index >= 15 is 0 Å². The summed E-state index contributed by atoms with van der Waals surface area (Å²) in [5.41, 5.74) is 0.133. The number of fused-ring (bicyclic) bond motifs is 1. The van der Waals surface area contributed by atoms with Gasteiger partial charge in [0.05, 0.1) is 18.5 Å². The Kier molecular flexibility index (Phi) is 6.28. The van der Waals surface area contributed by atoms with Crippen LogP contribution in [0.25, 0.3) is 0 Å². The first-order valence-corrected chi connectivity index (χ1v) is 12.6. The predicted molar refractivity (Wildman–Crippen MR) is 124 cm³/mol. The average molecular weight is 490 g/mol. The molecular weight excluding hydrogens is 466 g/mol. The average Bonchev–Trinajstić information content (AvgIpc) is 3.52. The first-order valence-electron chi connectivity index (χ1n) is 10.2. The SMILES string of the molecule is CC(O)(CNC(=O)C(=O)Nc1ccc2c(c1)N(S(=O)(=O)c1cccs1)CCC2)c1ccco1. The van der Waals surface area contributed by atoms with E-state index in [4.69, 9.17) is 4.42 Å². The third kappa shape index (κ3) is 4.80. The molecule has 11 heteroatoms. The number of thiophene rings is 1. The molecule has 4 rings (SSSR count). The van der Waals surface area contributed by atoms with Crippen molar-refractivity contribution in [3.63, 3.8) is 0 Å². The zero-order valence-corrected chi connectivity index (χ0v) is 19.4. The summed E-state index contributed by atoms with van der Waals surface area (Å²) in [6, 6.07) is 11.4. The monoisotopic (exact) mass is 489 g/mol. The van der Waals surface area contributed by atoms with E-state index in [1.165, 1.54) is 17.5 Å². The van der Waals surface area contributed by atoms with Crippen LogP contribution < -0.4 is 14.9 Å². The van der Waals surface area contributed by atoms with Crippen LogP contribution in [0, 0.1) is 0 Å². The smallest absolute Gasteiger partial charge is 0.313 e. The van der Waals surface area contributed by atoms with Gasteiger partial charge in [0.1, 0.15) is 15.6 Å². The fraction of sp³-hybridized carbons (Fsp3) is 0.273. The Balaban J connectivity index is 1.47. The second-order valence-electron chi connectivity index (χ2n) is 7.84. The Morgan fingerprint density at radius 2 is 2.03 bits per heavy atom. The van der Waals surface area contributed by atoms with Crippen molar-refractivity contribution >= 4 is 44.5 Å². The summed E-state index contributed by atoms with van der Waals surface area (Å²) >= 11 is 1.14. The van der Waals surface area contributed by atoms with Crippen molar-refractivity contribution < 1.29 is 27.5 Å². The number of nitrogens with one attached hydrogen (secondary N) is 2. The number of nitrogens with zero attached hydrogens (tertiary/aromatic N) is 1. The molecule has 1 aliphatic heterocycles. The van der Waals surface area contributed by atoms with Gasteiger partial charge in [0.15, 0.2) is 0 Å². The maximum atomic E-state index is 13.1. The zero-order chi connectivity index (χ0) is 23.6. The number of hydrogen-bond donors (Lipinski definition) is 3. The second-order valence-corrected chi connectivity index (χ2v) is 10.9. The molecule has 0 radical (unpaired) electrons. The molecule has 1 aromatic carbocycles. The molecule has 0 aliphatic carbocycles. The van der Waals surface area contributed by atoms with Crippen molar-refractivity contribution in [2.75, 3.05) is 22.7 Å². The number of furan rings is 1. The van der Waals surface area contributed by atoms with Crippen LogP contribution in [0.3, 0.4) is 0 Å². The summed E-state index contributed by atoms with van der Waals surface area (Å²) in [6.07, 6.45) is 2.79. The van der Waals surface area contributed by atoms with Gasteiger partial charge in [-0.1, -0.05) is 12.1 Å². The number of rotatable bonds is 6. The molecule has 0 saturated heterocycles. The summed E-state index contributed by atoms with van der Waals surface area (Å²) in [5, 5.41) is 17.0. The number of sulfonamides is 1. The molecule has 2 aromatic heterocycles. The summed E-state index contributed by atoms with van der Waals surface area (Å²) < 4.78 is 32.9. The summed E-state index contributed by atoms with van der Waals surface area (Å²) in [5.74, 6) is -1.62. The number of carbonyl (C=O) groups excluding carboxylic acids is 2. The van der Waals surface area contributed by atoms with E-state index < -0.39 is 27.4 Å². The summed E-state index contributed by atoms with van der Waals surface area (Å²) in [6.45, 7) is 1.55. The molecule has 3 aromatic rings. The van der Waals surface area contributed by atoms with Gasteiger partial charge in [-0.2, -0.15) is 0 Å². The molecule has 1 atom stereocenters. The van der Waals surface area contributed by atoms with Gasteiger partial charge < -0.3 is 20.2 Å². The lowest BCUT2D eigenvalue weighted by Gasteiger charge is -2.30. The summed E-state index contributed by atoms with van der Waals surface area (Å²) in [4.78, 5) is 24.7. The third-order valence-corrected chi connectivity index (χ3v) is 8.50. The molecule has 3 N–H and O–H groups in total. The number of carbonyl (C=O) groups is 2. The topological polar surface area (TPSA) is 129 Å². The minimum atomic E-state index is -3.72. The van der Waals surface area contributed by atoms with Gasteiger partial charge in [-0.15, -0.1) is 11.3 Å². The van der Waals surface area contributed by atoms with Crippen LogP contribution >= 0.6 is 11.3 Å². The minimum Gasteiger partial charge on any atom is -0.466 e. The highest BCUT2D eigenvalue weighted by molar-refractivity contribution is 7.94. The summed E-state index contributed by atoms with van der Waals surface area (Å²) in [7, 11) is -3.72. The number of anilines is 2. The van der Waals surface area contributed by atoms with Crippen molar-refractivity contribution in [2.45, 2.75) is 29.6 Å². The van der Waals surface area contributed by atoms with Crippen molar-refractivity contribution in [1.29, 1.82) is 0 Å². The Hall–Kier alpha value is -3.15. The van der Waals surface area contributed by atoms with Crippen LogP contribution in [0.5, 0.6) is 0 Å². The lowest BCUT2D eigenvalue weighted by atomic mass is 10.0. The number of amides is 2. The largest absolute Gasteiger partial charge is 0.466 e. The fourth-order valence-electron chi connectivity index (χ4n) is 3.58. The first kappa shape index (κ1) is 23.0. The molecule has 33 heavy (non-hydrogen) atoms. The molecule has 9 nitrogen and oxygen atoms in total. The Bertz CT molecular complexity index is 1250. The Morgan fingerprint density at radius 3 is 2.73 bits per heavy atom. The Morgan fingerprint density at radius 1 is 1.21 bits per heavy atom. The number of hydrogen-bond acceptors (Lipinski definition) is 7. The van der Waals surface area contributed by atoms with E-state index in [9.17, 15) is 23.1 Å². The molecular formula is C22H23N3O6S2. The van der Waals surface area contributed by atoms with E-state index in [1.807, 2.05) is 0 Å². The fourth-order valence-corrected chi connectivity index (χ4v) is 6.22. The first-order chi connectivity index (χ1) is 15.7. The number of aliphatic hydroxyl groups is 1. The molecule has 0 fully saturated rings. The molecule has 174 valence electrons. The van der Waals surface area contributed by atoms with Crippen molar-refractivity contribution in [3.8, 4) is 0 Å². The van der Waals surface area contributed by atoms with Gasteiger partial charge in [-0.25, -0.2) is 8.42 Å². The maximum Gasteiger partial charge on any atom is 0.313 e. The van der Waals surface area contributed by atoms with Gasteiger partial charge >= 0.3 is 11.8 Å². The van der Waals surface area contributed by atoms with Gasteiger partial charge in [0, 0.05) is 12.2 Å². The van der Waals surface area contributed by atoms with Crippen molar-refractivity contribution in [3.05, 3.63) is 65.4 Å². The highest BCUT2D eigenvalue weighted by atomic mass is 32.2. The van der Waals surface area contributed by atoms with Crippen LogP contribution in [-0.4, -0.2) is 38.4 Å². The van der Waals surface area contributed by atoms with E-state index in [0.29, 0.717) is 30.8 Å². The van der Waals surface area contributed by atoms with Crippen LogP contribution in [0.1, 0.15) is 24.7 Å². The molecule has 0 spiro atoms. The van der Waals surface area contributed by atoms with Crippen LogP contribution in [0.15, 0.2) is 62.7 Å².